The van der Waals surface area contributed by atoms with Gasteiger partial charge in [-0.2, -0.15) is 0 Å². The molecule has 3 heterocycles. The zero-order chi connectivity index (χ0) is 15.7. The van der Waals surface area contributed by atoms with Crippen molar-refractivity contribution in [3.63, 3.8) is 0 Å². The fourth-order valence-electron chi connectivity index (χ4n) is 3.39. The molecule has 2 aliphatic rings. The zero-order valence-electron chi connectivity index (χ0n) is 12.9. The van der Waals surface area contributed by atoms with Crippen LogP contribution < -0.4 is 0 Å². The largest absolute Gasteiger partial charge is 0.381 e. The highest BCUT2D eigenvalue weighted by atomic mass is 16.5. The zero-order valence-corrected chi connectivity index (χ0v) is 12.9. The maximum atomic E-state index is 12.4. The summed E-state index contributed by atoms with van der Waals surface area (Å²) in [6.07, 6.45) is 4.16. The van der Waals surface area contributed by atoms with Crippen LogP contribution in [0.5, 0.6) is 0 Å². The molecule has 120 valence electrons. The molecule has 0 N–H and O–H groups in total. The Balaban J connectivity index is 1.34. The molecule has 2 saturated heterocycles. The van der Waals surface area contributed by atoms with Crippen LogP contribution in [-0.4, -0.2) is 57.3 Å². The summed E-state index contributed by atoms with van der Waals surface area (Å²) in [6.45, 7) is 3.44. The third-order valence-corrected chi connectivity index (χ3v) is 4.86. The van der Waals surface area contributed by atoms with E-state index in [1.54, 1.807) is 11.0 Å². The average Bonchev–Trinajstić information content (AvgIpc) is 3.08. The molecule has 0 atom stereocenters. The average molecular weight is 313 g/mol. The summed E-state index contributed by atoms with van der Waals surface area (Å²) in [5.74, 6) is 0.206. The molecule has 7 nitrogen and oxygen atoms in total. The van der Waals surface area contributed by atoms with Crippen molar-refractivity contribution in [3.8, 4) is 5.69 Å². The maximum absolute atomic E-state index is 12.4. The van der Waals surface area contributed by atoms with E-state index in [2.05, 4.69) is 15.5 Å². The lowest BCUT2D eigenvalue weighted by Gasteiger charge is -2.52. The second kappa shape index (κ2) is 5.73. The minimum absolute atomic E-state index is 0.206. The molecule has 1 spiro atoms. The molecule has 2 fully saturated rings. The number of nitrogens with zero attached hydrogens (tertiary/aromatic N) is 5. The van der Waals surface area contributed by atoms with Crippen molar-refractivity contribution in [3.05, 3.63) is 36.2 Å². The molecular formula is C16H19N5O2. The van der Waals surface area contributed by atoms with E-state index < -0.39 is 0 Å². The topological polar surface area (TPSA) is 73.1 Å². The molecule has 23 heavy (non-hydrogen) atoms. The molecular weight excluding hydrogens is 294 g/mol. The van der Waals surface area contributed by atoms with Crippen LogP contribution in [0.2, 0.25) is 0 Å². The summed E-state index contributed by atoms with van der Waals surface area (Å²) >= 11 is 0. The molecule has 1 amide bonds. The van der Waals surface area contributed by atoms with E-state index in [-0.39, 0.29) is 5.91 Å². The van der Waals surface area contributed by atoms with Crippen LogP contribution in [0.3, 0.4) is 0 Å². The summed E-state index contributed by atoms with van der Waals surface area (Å²) in [6, 6.07) is 7.77. The number of hydrogen-bond acceptors (Lipinski definition) is 5. The number of amides is 1. The van der Waals surface area contributed by atoms with Crippen molar-refractivity contribution in [1.29, 1.82) is 0 Å². The van der Waals surface area contributed by atoms with Gasteiger partial charge in [-0.3, -0.25) is 4.79 Å². The maximum Gasteiger partial charge on any atom is 0.227 e. The van der Waals surface area contributed by atoms with E-state index >= 15 is 0 Å². The van der Waals surface area contributed by atoms with E-state index in [1.165, 1.54) is 0 Å². The standard InChI is InChI=1S/C16H19N5O2/c22-15(20-10-16(11-20)5-7-23-8-6-16)9-13-1-3-14(4-2-13)21-12-17-18-19-21/h1-4,12H,5-11H2. The highest BCUT2D eigenvalue weighted by molar-refractivity contribution is 5.79. The van der Waals surface area contributed by atoms with E-state index in [0.717, 1.165) is 50.4 Å². The van der Waals surface area contributed by atoms with Crippen LogP contribution in [-0.2, 0) is 16.0 Å². The number of ether oxygens (including phenoxy) is 1. The number of carbonyl (C=O) groups excluding carboxylic acids is 1. The fraction of sp³-hybridized carbons (Fsp3) is 0.500. The third kappa shape index (κ3) is 2.84. The van der Waals surface area contributed by atoms with Gasteiger partial charge in [0.05, 0.1) is 12.1 Å². The van der Waals surface area contributed by atoms with Crippen molar-refractivity contribution in [2.24, 2.45) is 5.41 Å². The Labute approximate surface area is 134 Å². The van der Waals surface area contributed by atoms with Crippen molar-refractivity contribution < 1.29 is 9.53 Å². The first-order chi connectivity index (χ1) is 11.2. The molecule has 0 unspecified atom stereocenters. The summed E-state index contributed by atoms with van der Waals surface area (Å²) in [5, 5.41) is 11.1. The molecule has 0 aliphatic carbocycles. The first-order valence-electron chi connectivity index (χ1n) is 7.92. The molecule has 0 bridgehead atoms. The Bertz CT molecular complexity index is 669. The normalized spacial score (nSPS) is 19.6. The number of rotatable bonds is 3. The van der Waals surface area contributed by atoms with Gasteiger partial charge in [0.1, 0.15) is 6.33 Å². The van der Waals surface area contributed by atoms with Gasteiger partial charge in [-0.1, -0.05) is 12.1 Å². The molecule has 2 aliphatic heterocycles. The predicted molar refractivity (Wildman–Crippen MR) is 81.9 cm³/mol. The second-order valence-electron chi connectivity index (χ2n) is 6.46. The van der Waals surface area contributed by atoms with Crippen molar-refractivity contribution in [2.45, 2.75) is 19.3 Å². The number of tetrazole rings is 1. The Morgan fingerprint density at radius 1 is 1.17 bits per heavy atom. The molecule has 1 aromatic heterocycles. The van der Waals surface area contributed by atoms with E-state index in [9.17, 15) is 4.79 Å². The van der Waals surface area contributed by atoms with E-state index in [0.29, 0.717) is 11.8 Å². The quantitative estimate of drug-likeness (QED) is 0.840. The molecule has 2 aromatic rings. The van der Waals surface area contributed by atoms with Crippen molar-refractivity contribution in [2.75, 3.05) is 26.3 Å². The monoisotopic (exact) mass is 313 g/mol. The number of likely N-dealkylation sites (tertiary alicyclic amines) is 1. The summed E-state index contributed by atoms with van der Waals surface area (Å²) in [4.78, 5) is 14.4. The number of hydrogen-bond donors (Lipinski definition) is 0. The molecule has 0 radical (unpaired) electrons. The molecule has 0 saturated carbocycles. The minimum Gasteiger partial charge on any atom is -0.381 e. The lowest BCUT2D eigenvalue weighted by atomic mass is 9.73. The third-order valence-electron chi connectivity index (χ3n) is 4.86. The van der Waals surface area contributed by atoms with E-state index in [4.69, 9.17) is 4.74 Å². The smallest absolute Gasteiger partial charge is 0.227 e. The van der Waals surface area contributed by atoms with Crippen LogP contribution in [0.15, 0.2) is 30.6 Å². The Hall–Kier alpha value is -2.28. The van der Waals surface area contributed by atoms with Gasteiger partial charge in [0.2, 0.25) is 5.91 Å². The predicted octanol–water partition coefficient (Wildman–Crippen LogP) is 0.844. The van der Waals surface area contributed by atoms with Gasteiger partial charge in [-0.25, -0.2) is 4.68 Å². The minimum atomic E-state index is 0.206. The van der Waals surface area contributed by atoms with Gasteiger partial charge in [-0.15, -0.1) is 5.10 Å². The molecule has 4 rings (SSSR count). The summed E-state index contributed by atoms with van der Waals surface area (Å²) < 4.78 is 7.01. The van der Waals surface area contributed by atoms with Crippen LogP contribution in [0, 0.1) is 5.41 Å². The van der Waals surface area contributed by atoms with Gasteiger partial charge >= 0.3 is 0 Å². The van der Waals surface area contributed by atoms with Crippen LogP contribution in [0.1, 0.15) is 18.4 Å². The van der Waals surface area contributed by atoms with Gasteiger partial charge in [0.25, 0.3) is 0 Å². The Morgan fingerprint density at radius 2 is 1.91 bits per heavy atom. The van der Waals surface area contributed by atoms with Gasteiger partial charge in [0.15, 0.2) is 0 Å². The highest BCUT2D eigenvalue weighted by Gasteiger charge is 2.45. The van der Waals surface area contributed by atoms with Crippen LogP contribution in [0.25, 0.3) is 5.69 Å². The molecule has 1 aromatic carbocycles. The van der Waals surface area contributed by atoms with Crippen LogP contribution in [0.4, 0.5) is 0 Å². The number of aromatic nitrogens is 4. The van der Waals surface area contributed by atoms with E-state index in [1.807, 2.05) is 29.2 Å². The van der Waals surface area contributed by atoms with Gasteiger partial charge < -0.3 is 9.64 Å². The van der Waals surface area contributed by atoms with Gasteiger partial charge in [-0.05, 0) is 41.0 Å². The van der Waals surface area contributed by atoms with Gasteiger partial charge in [0, 0.05) is 31.7 Å². The summed E-state index contributed by atoms with van der Waals surface area (Å²) in [5.41, 5.74) is 2.23. The first kappa shape index (κ1) is 14.3. The Morgan fingerprint density at radius 3 is 2.57 bits per heavy atom. The summed E-state index contributed by atoms with van der Waals surface area (Å²) in [7, 11) is 0. The highest BCUT2D eigenvalue weighted by Crippen LogP contribution is 2.39. The first-order valence-corrected chi connectivity index (χ1v) is 7.92. The second-order valence-corrected chi connectivity index (χ2v) is 6.46. The number of benzene rings is 1. The fourth-order valence-corrected chi connectivity index (χ4v) is 3.39. The lowest BCUT2D eigenvalue weighted by Crippen LogP contribution is -2.60. The Kier molecular flexibility index (Phi) is 3.57. The lowest BCUT2D eigenvalue weighted by molar-refractivity contribution is -0.149. The van der Waals surface area contributed by atoms with Crippen LogP contribution >= 0.6 is 0 Å². The SMILES string of the molecule is O=C(Cc1ccc(-n2cnnn2)cc1)N1CC2(CCOCC2)C1. The number of carbonyl (C=O) groups is 1. The van der Waals surface area contributed by atoms with Crippen molar-refractivity contribution >= 4 is 5.91 Å². The van der Waals surface area contributed by atoms with Crippen molar-refractivity contribution in [1.82, 2.24) is 25.1 Å². The molecule has 7 heteroatoms.